The highest BCUT2D eigenvalue weighted by Gasteiger charge is 2.07. The highest BCUT2D eigenvalue weighted by Crippen LogP contribution is 2.21. The molecule has 0 aliphatic heterocycles. The molecule has 2 N–H and O–H groups in total. The summed E-state index contributed by atoms with van der Waals surface area (Å²) >= 11 is 4.88. The van der Waals surface area contributed by atoms with Crippen molar-refractivity contribution in [3.63, 3.8) is 0 Å². The molecule has 0 unspecified atom stereocenters. The molecule has 1 aromatic heterocycles. The molecule has 0 atom stereocenters. The number of thiocarbonyl (C=S) groups is 1. The molecule has 0 spiro atoms. The van der Waals surface area contributed by atoms with E-state index in [1.54, 1.807) is 6.33 Å². The minimum absolute atomic E-state index is 0.523. The van der Waals surface area contributed by atoms with Gasteiger partial charge in [-0.25, -0.2) is 9.97 Å². The summed E-state index contributed by atoms with van der Waals surface area (Å²) in [6, 6.07) is 7.94. The number of hydrogen-bond donors (Lipinski definition) is 1. The van der Waals surface area contributed by atoms with Crippen LogP contribution in [0.25, 0.3) is 10.9 Å². The Morgan fingerprint density at radius 2 is 2.12 bits per heavy atom. The standard InChI is InChI=1S/C12H14N4S/c1-16(7-6-11(13)17)12-9-4-2-3-5-10(9)14-8-15-12/h2-5,8H,6-7H2,1H3,(H2,13,17). The van der Waals surface area contributed by atoms with E-state index in [1.165, 1.54) is 0 Å². The highest BCUT2D eigenvalue weighted by molar-refractivity contribution is 7.80. The molecule has 88 valence electrons. The number of benzene rings is 1. The Hall–Kier alpha value is -1.75. The topological polar surface area (TPSA) is 55.0 Å². The maximum absolute atomic E-state index is 5.50. The van der Waals surface area contributed by atoms with Gasteiger partial charge in [-0.2, -0.15) is 0 Å². The lowest BCUT2D eigenvalue weighted by molar-refractivity contribution is 0.901. The fraction of sp³-hybridized carbons (Fsp3) is 0.250. The van der Waals surface area contributed by atoms with E-state index < -0.39 is 0 Å². The van der Waals surface area contributed by atoms with Gasteiger partial charge in [-0.15, -0.1) is 0 Å². The van der Waals surface area contributed by atoms with E-state index in [0.717, 1.165) is 23.3 Å². The number of para-hydroxylation sites is 1. The van der Waals surface area contributed by atoms with Crippen LogP contribution in [0.3, 0.4) is 0 Å². The fourth-order valence-corrected chi connectivity index (χ4v) is 1.77. The van der Waals surface area contributed by atoms with E-state index in [2.05, 4.69) is 9.97 Å². The molecule has 1 heterocycles. The van der Waals surface area contributed by atoms with E-state index in [-0.39, 0.29) is 0 Å². The normalized spacial score (nSPS) is 10.4. The van der Waals surface area contributed by atoms with Crippen molar-refractivity contribution < 1.29 is 0 Å². The molecule has 0 bridgehead atoms. The van der Waals surface area contributed by atoms with E-state index in [4.69, 9.17) is 18.0 Å². The van der Waals surface area contributed by atoms with Crippen molar-refractivity contribution in [1.29, 1.82) is 0 Å². The molecular formula is C12H14N4S. The molecule has 17 heavy (non-hydrogen) atoms. The number of hydrogen-bond acceptors (Lipinski definition) is 4. The fourth-order valence-electron chi connectivity index (χ4n) is 1.68. The molecule has 1 aromatic carbocycles. The van der Waals surface area contributed by atoms with Crippen molar-refractivity contribution in [2.75, 3.05) is 18.5 Å². The van der Waals surface area contributed by atoms with Crippen LogP contribution in [0.2, 0.25) is 0 Å². The lowest BCUT2D eigenvalue weighted by Gasteiger charge is -2.19. The van der Waals surface area contributed by atoms with Crippen LogP contribution in [0.15, 0.2) is 30.6 Å². The number of aromatic nitrogens is 2. The zero-order valence-electron chi connectivity index (χ0n) is 9.63. The Bertz CT molecular complexity index is 536. The van der Waals surface area contributed by atoms with Crippen LogP contribution in [0.1, 0.15) is 6.42 Å². The van der Waals surface area contributed by atoms with Crippen LogP contribution >= 0.6 is 12.2 Å². The third-order valence-corrected chi connectivity index (χ3v) is 2.78. The summed E-state index contributed by atoms with van der Waals surface area (Å²) in [5, 5.41) is 1.04. The van der Waals surface area contributed by atoms with Gasteiger partial charge in [-0.05, 0) is 12.1 Å². The summed E-state index contributed by atoms with van der Waals surface area (Å²) in [5.74, 6) is 0.909. The van der Waals surface area contributed by atoms with Crippen molar-refractivity contribution in [2.45, 2.75) is 6.42 Å². The van der Waals surface area contributed by atoms with Gasteiger partial charge in [0.15, 0.2) is 0 Å². The Morgan fingerprint density at radius 3 is 2.88 bits per heavy atom. The molecule has 0 radical (unpaired) electrons. The Labute approximate surface area is 105 Å². The zero-order valence-corrected chi connectivity index (χ0v) is 10.4. The number of fused-ring (bicyclic) bond motifs is 1. The molecule has 0 saturated heterocycles. The van der Waals surface area contributed by atoms with Crippen LogP contribution in [0.4, 0.5) is 5.82 Å². The summed E-state index contributed by atoms with van der Waals surface area (Å²) in [7, 11) is 1.98. The smallest absolute Gasteiger partial charge is 0.139 e. The molecule has 4 nitrogen and oxygen atoms in total. The quantitative estimate of drug-likeness (QED) is 0.833. The summed E-state index contributed by atoms with van der Waals surface area (Å²) in [6.07, 6.45) is 2.26. The van der Waals surface area contributed by atoms with Crippen LogP contribution < -0.4 is 10.6 Å². The second kappa shape index (κ2) is 5.05. The minimum Gasteiger partial charge on any atom is -0.393 e. The molecule has 2 rings (SSSR count). The Morgan fingerprint density at radius 1 is 1.35 bits per heavy atom. The van der Waals surface area contributed by atoms with E-state index in [0.29, 0.717) is 11.4 Å². The van der Waals surface area contributed by atoms with Crippen LogP contribution in [0, 0.1) is 0 Å². The first kappa shape index (κ1) is 11.7. The third kappa shape index (κ3) is 2.68. The predicted octanol–water partition coefficient (Wildman–Crippen LogP) is 1.74. The molecule has 0 amide bonds. The number of rotatable bonds is 4. The van der Waals surface area contributed by atoms with Gasteiger partial charge in [0.2, 0.25) is 0 Å². The van der Waals surface area contributed by atoms with Gasteiger partial charge in [0.1, 0.15) is 12.1 Å². The number of nitrogens with zero attached hydrogens (tertiary/aromatic N) is 3. The first-order valence-corrected chi connectivity index (χ1v) is 5.78. The molecule has 0 fully saturated rings. The zero-order chi connectivity index (χ0) is 12.3. The summed E-state index contributed by atoms with van der Waals surface area (Å²) in [6.45, 7) is 0.760. The third-order valence-electron chi connectivity index (χ3n) is 2.58. The van der Waals surface area contributed by atoms with Gasteiger partial charge in [0.05, 0.1) is 10.5 Å². The monoisotopic (exact) mass is 246 g/mol. The molecule has 0 aliphatic carbocycles. The maximum Gasteiger partial charge on any atom is 0.139 e. The molecule has 0 saturated carbocycles. The second-order valence-electron chi connectivity index (χ2n) is 3.85. The molecular weight excluding hydrogens is 232 g/mol. The van der Waals surface area contributed by atoms with Gasteiger partial charge < -0.3 is 10.6 Å². The number of anilines is 1. The van der Waals surface area contributed by atoms with Crippen LogP contribution in [0.5, 0.6) is 0 Å². The Kier molecular flexibility index (Phi) is 3.49. The van der Waals surface area contributed by atoms with Gasteiger partial charge in [0, 0.05) is 25.4 Å². The van der Waals surface area contributed by atoms with Crippen LogP contribution in [-0.2, 0) is 0 Å². The first-order valence-electron chi connectivity index (χ1n) is 5.37. The second-order valence-corrected chi connectivity index (χ2v) is 4.38. The summed E-state index contributed by atoms with van der Waals surface area (Å²) in [4.78, 5) is 11.1. The predicted molar refractivity (Wildman–Crippen MR) is 74.2 cm³/mol. The van der Waals surface area contributed by atoms with Gasteiger partial charge in [-0.3, -0.25) is 0 Å². The minimum atomic E-state index is 0.523. The Balaban J connectivity index is 2.31. The first-order chi connectivity index (χ1) is 8.18. The molecule has 2 aromatic rings. The SMILES string of the molecule is CN(CCC(N)=S)c1ncnc2ccccc12. The van der Waals surface area contributed by atoms with E-state index >= 15 is 0 Å². The summed E-state index contributed by atoms with van der Waals surface area (Å²) < 4.78 is 0. The van der Waals surface area contributed by atoms with Crippen molar-refractivity contribution in [2.24, 2.45) is 5.73 Å². The van der Waals surface area contributed by atoms with Gasteiger partial charge >= 0.3 is 0 Å². The lowest BCUT2D eigenvalue weighted by Crippen LogP contribution is -2.24. The molecule has 0 aliphatic rings. The van der Waals surface area contributed by atoms with Gasteiger partial charge in [0.25, 0.3) is 0 Å². The van der Waals surface area contributed by atoms with Gasteiger partial charge in [-0.1, -0.05) is 24.4 Å². The van der Waals surface area contributed by atoms with Crippen LogP contribution in [-0.4, -0.2) is 28.5 Å². The molecule has 5 heteroatoms. The lowest BCUT2D eigenvalue weighted by atomic mass is 10.2. The summed E-state index contributed by atoms with van der Waals surface area (Å²) in [5.41, 5.74) is 6.45. The van der Waals surface area contributed by atoms with Crippen molar-refractivity contribution in [3.05, 3.63) is 30.6 Å². The maximum atomic E-state index is 5.50. The highest BCUT2D eigenvalue weighted by atomic mass is 32.1. The average Bonchev–Trinajstić information content (AvgIpc) is 2.35. The largest absolute Gasteiger partial charge is 0.393 e. The average molecular weight is 246 g/mol. The van der Waals surface area contributed by atoms with E-state index in [1.807, 2.05) is 36.2 Å². The van der Waals surface area contributed by atoms with Crippen molar-refractivity contribution in [1.82, 2.24) is 9.97 Å². The van der Waals surface area contributed by atoms with Crippen molar-refractivity contribution in [3.8, 4) is 0 Å². The number of nitrogens with two attached hydrogens (primary N) is 1. The van der Waals surface area contributed by atoms with Crippen molar-refractivity contribution >= 4 is 33.9 Å². The van der Waals surface area contributed by atoms with E-state index in [9.17, 15) is 0 Å².